The Kier molecular flexibility index (Phi) is 4.65. The van der Waals surface area contributed by atoms with E-state index in [-0.39, 0.29) is 6.54 Å². The third-order valence-corrected chi connectivity index (χ3v) is 3.33. The van der Waals surface area contributed by atoms with Crippen LogP contribution in [0.25, 0.3) is 0 Å². The highest BCUT2D eigenvalue weighted by Crippen LogP contribution is 2.30. The molecule has 1 aliphatic rings. The lowest BCUT2D eigenvalue weighted by Gasteiger charge is -2.20. The van der Waals surface area contributed by atoms with Gasteiger partial charge in [0.2, 0.25) is 0 Å². The number of alkyl halides is 3. The summed E-state index contributed by atoms with van der Waals surface area (Å²) in [5.41, 5.74) is -0.608. The average Bonchev–Trinajstić information content (AvgIpc) is 2.79. The Bertz CT molecular complexity index is 455. The Morgan fingerprint density at radius 2 is 2.05 bits per heavy atom. The Morgan fingerprint density at radius 3 is 2.65 bits per heavy atom. The van der Waals surface area contributed by atoms with Crippen LogP contribution in [-0.2, 0) is 17.5 Å². The van der Waals surface area contributed by atoms with E-state index >= 15 is 0 Å². The molecule has 2 nitrogen and oxygen atoms in total. The molecule has 1 aromatic rings. The molecule has 1 saturated heterocycles. The monoisotopic (exact) mass is 291 g/mol. The fourth-order valence-electron chi connectivity index (χ4n) is 2.45. The molecule has 0 spiro atoms. The van der Waals surface area contributed by atoms with Crippen LogP contribution >= 0.6 is 0 Å². The molecule has 6 heteroatoms. The minimum absolute atomic E-state index is 0.289. The smallest absolute Gasteiger partial charge is 0.381 e. The second-order valence-corrected chi connectivity index (χ2v) is 5.27. The summed E-state index contributed by atoms with van der Waals surface area (Å²) in [6.45, 7) is 2.44. The molecule has 1 atom stereocenters. The zero-order valence-corrected chi connectivity index (χ0v) is 11.2. The molecule has 0 unspecified atom stereocenters. The molecule has 112 valence electrons. The summed E-state index contributed by atoms with van der Waals surface area (Å²) in [5, 5.41) is 0. The van der Waals surface area contributed by atoms with Crippen LogP contribution < -0.4 is 0 Å². The maximum atomic E-state index is 13.3. The second kappa shape index (κ2) is 6.10. The van der Waals surface area contributed by atoms with Crippen molar-refractivity contribution >= 4 is 0 Å². The molecule has 0 aromatic heterocycles. The van der Waals surface area contributed by atoms with Gasteiger partial charge in [-0.3, -0.25) is 0 Å². The second-order valence-electron chi connectivity index (χ2n) is 5.27. The molecule has 1 aliphatic heterocycles. The van der Waals surface area contributed by atoms with Gasteiger partial charge in [0.05, 0.1) is 12.2 Å². The van der Waals surface area contributed by atoms with Gasteiger partial charge >= 0.3 is 6.18 Å². The Labute approximate surface area is 115 Å². The predicted molar refractivity (Wildman–Crippen MR) is 66.7 cm³/mol. The highest BCUT2D eigenvalue weighted by atomic mass is 19.4. The van der Waals surface area contributed by atoms with Crippen LogP contribution in [0.3, 0.4) is 0 Å². The first-order valence-corrected chi connectivity index (χ1v) is 6.47. The number of hydrogen-bond acceptors (Lipinski definition) is 2. The van der Waals surface area contributed by atoms with Crippen LogP contribution in [-0.4, -0.2) is 31.7 Å². The number of ether oxygens (including phenoxy) is 1. The van der Waals surface area contributed by atoms with Gasteiger partial charge in [0.25, 0.3) is 0 Å². The van der Waals surface area contributed by atoms with Crippen molar-refractivity contribution in [2.45, 2.75) is 19.1 Å². The van der Waals surface area contributed by atoms with Crippen molar-refractivity contribution in [1.29, 1.82) is 0 Å². The van der Waals surface area contributed by atoms with Crippen LogP contribution in [0, 0.1) is 11.7 Å². The number of benzene rings is 1. The van der Waals surface area contributed by atoms with Crippen molar-refractivity contribution in [2.24, 2.45) is 5.92 Å². The minimum atomic E-state index is -4.52. The molecule has 0 saturated carbocycles. The number of rotatable bonds is 4. The van der Waals surface area contributed by atoms with Gasteiger partial charge in [0.1, 0.15) is 5.82 Å². The van der Waals surface area contributed by atoms with E-state index in [1.807, 2.05) is 11.9 Å². The first-order valence-electron chi connectivity index (χ1n) is 6.47. The zero-order chi connectivity index (χ0) is 14.8. The molecule has 1 aromatic carbocycles. The highest BCUT2D eigenvalue weighted by molar-refractivity contribution is 5.26. The van der Waals surface area contributed by atoms with Crippen LogP contribution in [0.4, 0.5) is 17.6 Å². The van der Waals surface area contributed by atoms with Crippen molar-refractivity contribution < 1.29 is 22.3 Å². The van der Waals surface area contributed by atoms with E-state index in [9.17, 15) is 17.6 Å². The van der Waals surface area contributed by atoms with Gasteiger partial charge in [-0.1, -0.05) is 0 Å². The molecule has 20 heavy (non-hydrogen) atoms. The van der Waals surface area contributed by atoms with Gasteiger partial charge in [-0.2, -0.15) is 13.2 Å². The van der Waals surface area contributed by atoms with E-state index in [4.69, 9.17) is 4.74 Å². The molecule has 1 fully saturated rings. The van der Waals surface area contributed by atoms with E-state index in [1.54, 1.807) is 0 Å². The molecule has 0 aliphatic carbocycles. The average molecular weight is 291 g/mol. The normalized spacial score (nSPS) is 19.8. The zero-order valence-electron chi connectivity index (χ0n) is 11.2. The number of hydrogen-bond donors (Lipinski definition) is 0. The van der Waals surface area contributed by atoms with Gasteiger partial charge in [-0.25, -0.2) is 4.39 Å². The summed E-state index contributed by atoms with van der Waals surface area (Å²) >= 11 is 0. The lowest BCUT2D eigenvalue weighted by molar-refractivity contribution is -0.137. The topological polar surface area (TPSA) is 12.5 Å². The van der Waals surface area contributed by atoms with Gasteiger partial charge in [0.15, 0.2) is 0 Å². The van der Waals surface area contributed by atoms with E-state index < -0.39 is 17.6 Å². The summed E-state index contributed by atoms with van der Waals surface area (Å²) in [7, 11) is 1.82. The summed E-state index contributed by atoms with van der Waals surface area (Å²) < 4.78 is 56.4. The van der Waals surface area contributed by atoms with Crippen molar-refractivity contribution in [1.82, 2.24) is 4.90 Å². The fourth-order valence-corrected chi connectivity index (χ4v) is 2.45. The standard InChI is InChI=1S/C14H17F4NO/c1-19(7-10-2-3-20-9-10)8-11-4-12(14(16,17)18)6-13(15)5-11/h4-6,10H,2-3,7-9H2,1H3/t10-/m0/s1. The van der Waals surface area contributed by atoms with Crippen LogP contribution in [0.5, 0.6) is 0 Å². The van der Waals surface area contributed by atoms with Crippen LogP contribution in [0.2, 0.25) is 0 Å². The lowest BCUT2D eigenvalue weighted by Crippen LogP contribution is -2.25. The molecular formula is C14H17F4NO. The molecule has 0 amide bonds. The fraction of sp³-hybridized carbons (Fsp3) is 0.571. The largest absolute Gasteiger partial charge is 0.416 e. The molecular weight excluding hydrogens is 274 g/mol. The number of halogens is 4. The molecule has 0 bridgehead atoms. The third kappa shape index (κ3) is 4.18. The minimum Gasteiger partial charge on any atom is -0.381 e. The molecule has 0 radical (unpaired) electrons. The molecule has 0 N–H and O–H groups in total. The lowest BCUT2D eigenvalue weighted by atomic mass is 10.1. The van der Waals surface area contributed by atoms with Crippen LogP contribution in [0.15, 0.2) is 18.2 Å². The summed E-state index contributed by atoms with van der Waals surface area (Å²) in [6.07, 6.45) is -3.56. The van der Waals surface area contributed by atoms with E-state index in [2.05, 4.69) is 0 Å². The Balaban J connectivity index is 2.02. The summed E-state index contributed by atoms with van der Waals surface area (Å²) in [6, 6.07) is 2.68. The van der Waals surface area contributed by atoms with Gasteiger partial charge < -0.3 is 9.64 Å². The van der Waals surface area contributed by atoms with Gasteiger partial charge in [-0.15, -0.1) is 0 Å². The third-order valence-electron chi connectivity index (χ3n) is 3.33. The molecule has 2 rings (SSSR count). The van der Waals surface area contributed by atoms with Gasteiger partial charge in [-0.05, 0) is 43.1 Å². The maximum absolute atomic E-state index is 13.3. The van der Waals surface area contributed by atoms with E-state index in [0.29, 0.717) is 24.2 Å². The number of nitrogens with zero attached hydrogens (tertiary/aromatic N) is 1. The quantitative estimate of drug-likeness (QED) is 0.789. The first-order chi connectivity index (χ1) is 9.34. The predicted octanol–water partition coefficient (Wildman–Crippen LogP) is 3.31. The van der Waals surface area contributed by atoms with Crippen molar-refractivity contribution in [3.63, 3.8) is 0 Å². The van der Waals surface area contributed by atoms with Crippen LogP contribution in [0.1, 0.15) is 17.5 Å². The SMILES string of the molecule is CN(Cc1cc(F)cc(C(F)(F)F)c1)C[C@@H]1CCOC1. The van der Waals surface area contributed by atoms with E-state index in [1.165, 1.54) is 0 Å². The highest BCUT2D eigenvalue weighted by Gasteiger charge is 2.31. The van der Waals surface area contributed by atoms with Gasteiger partial charge in [0, 0.05) is 19.7 Å². The molecule has 1 heterocycles. The maximum Gasteiger partial charge on any atom is 0.416 e. The van der Waals surface area contributed by atoms with E-state index in [0.717, 1.165) is 31.7 Å². The summed E-state index contributed by atoms with van der Waals surface area (Å²) in [4.78, 5) is 1.90. The Hall–Kier alpha value is -1.14. The Morgan fingerprint density at radius 1 is 1.30 bits per heavy atom. The van der Waals surface area contributed by atoms with Crippen molar-refractivity contribution in [3.05, 3.63) is 35.1 Å². The summed E-state index contributed by atoms with van der Waals surface area (Å²) in [5.74, 6) is -0.455. The van der Waals surface area contributed by atoms with Crippen molar-refractivity contribution in [3.8, 4) is 0 Å². The first kappa shape index (κ1) is 15.3. The van der Waals surface area contributed by atoms with Crippen molar-refractivity contribution in [2.75, 3.05) is 26.8 Å².